The molecule has 1 amide bonds. The van der Waals surface area contributed by atoms with Gasteiger partial charge in [-0.25, -0.2) is 0 Å². The molecule has 1 fully saturated rings. The van der Waals surface area contributed by atoms with Gasteiger partial charge in [-0.3, -0.25) is 4.79 Å². The van der Waals surface area contributed by atoms with Gasteiger partial charge in [-0.15, -0.1) is 10.2 Å². The van der Waals surface area contributed by atoms with Crippen molar-refractivity contribution in [2.75, 3.05) is 32.9 Å². The van der Waals surface area contributed by atoms with Crippen LogP contribution in [0, 0.1) is 0 Å². The van der Waals surface area contributed by atoms with E-state index in [1.54, 1.807) is 17.0 Å². The summed E-state index contributed by atoms with van der Waals surface area (Å²) < 4.78 is 0. The molecule has 0 bridgehead atoms. The summed E-state index contributed by atoms with van der Waals surface area (Å²) in [4.78, 5) is 16.2. The van der Waals surface area contributed by atoms with Gasteiger partial charge in [-0.05, 0) is 38.6 Å². The van der Waals surface area contributed by atoms with Crippen molar-refractivity contribution in [1.82, 2.24) is 20.0 Å². The van der Waals surface area contributed by atoms with Gasteiger partial charge in [0.2, 0.25) is 0 Å². The molecule has 1 atom stereocenters. The van der Waals surface area contributed by atoms with Gasteiger partial charge in [0.15, 0.2) is 5.69 Å². The van der Waals surface area contributed by atoms with Gasteiger partial charge in [0.1, 0.15) is 5.82 Å². The smallest absolute Gasteiger partial charge is 0.274 e. The van der Waals surface area contributed by atoms with E-state index in [4.69, 9.17) is 5.73 Å². The zero-order chi connectivity index (χ0) is 13.1. The molecule has 6 nitrogen and oxygen atoms in total. The molecule has 1 aromatic rings. The third-order valence-electron chi connectivity index (χ3n) is 3.37. The van der Waals surface area contributed by atoms with Crippen molar-refractivity contribution < 1.29 is 4.79 Å². The second-order valence-corrected chi connectivity index (χ2v) is 4.82. The molecule has 0 aliphatic carbocycles. The van der Waals surface area contributed by atoms with Crippen LogP contribution < -0.4 is 5.73 Å². The molecule has 1 saturated heterocycles. The Kier molecular flexibility index (Phi) is 3.76. The number of carbonyl (C=O) groups excluding carboxylic acids is 1. The SMILES string of the molecule is CN1CCCC(N(C)C(=O)c2ccc(N)nn2)C1. The predicted octanol–water partition coefficient (Wildman–Crippen LogP) is 0.225. The number of aromatic nitrogens is 2. The molecular weight excluding hydrogens is 230 g/mol. The summed E-state index contributed by atoms with van der Waals surface area (Å²) in [5, 5.41) is 7.55. The van der Waals surface area contributed by atoms with Crippen LogP contribution in [0.3, 0.4) is 0 Å². The van der Waals surface area contributed by atoms with Crippen LogP contribution in [0.4, 0.5) is 5.82 Å². The topological polar surface area (TPSA) is 75.3 Å². The molecular formula is C12H19N5O. The molecule has 1 aliphatic heterocycles. The van der Waals surface area contributed by atoms with E-state index in [0.717, 1.165) is 25.9 Å². The van der Waals surface area contributed by atoms with Crippen LogP contribution in [-0.4, -0.2) is 59.1 Å². The van der Waals surface area contributed by atoms with E-state index in [1.165, 1.54) is 0 Å². The van der Waals surface area contributed by atoms with E-state index in [9.17, 15) is 4.79 Å². The number of likely N-dealkylation sites (N-methyl/N-ethyl adjacent to an activating group) is 2. The lowest BCUT2D eigenvalue weighted by molar-refractivity contribution is 0.0637. The highest BCUT2D eigenvalue weighted by atomic mass is 16.2. The van der Waals surface area contributed by atoms with Crippen LogP contribution in [0.1, 0.15) is 23.3 Å². The number of hydrogen-bond donors (Lipinski definition) is 1. The van der Waals surface area contributed by atoms with E-state index in [0.29, 0.717) is 11.5 Å². The van der Waals surface area contributed by atoms with E-state index < -0.39 is 0 Å². The van der Waals surface area contributed by atoms with E-state index >= 15 is 0 Å². The largest absolute Gasteiger partial charge is 0.382 e. The molecule has 0 radical (unpaired) electrons. The van der Waals surface area contributed by atoms with Gasteiger partial charge in [0.25, 0.3) is 5.91 Å². The van der Waals surface area contributed by atoms with Crippen molar-refractivity contribution in [3.05, 3.63) is 17.8 Å². The summed E-state index contributed by atoms with van der Waals surface area (Å²) in [6, 6.07) is 3.46. The van der Waals surface area contributed by atoms with Crippen molar-refractivity contribution in [2.24, 2.45) is 0 Å². The summed E-state index contributed by atoms with van der Waals surface area (Å²) >= 11 is 0. The highest BCUT2D eigenvalue weighted by Crippen LogP contribution is 2.15. The fraction of sp³-hybridized carbons (Fsp3) is 0.583. The van der Waals surface area contributed by atoms with Crippen molar-refractivity contribution in [2.45, 2.75) is 18.9 Å². The van der Waals surface area contributed by atoms with Crippen LogP contribution in [0.5, 0.6) is 0 Å². The van der Waals surface area contributed by atoms with Crippen molar-refractivity contribution in [1.29, 1.82) is 0 Å². The zero-order valence-corrected chi connectivity index (χ0v) is 10.8. The summed E-state index contributed by atoms with van der Waals surface area (Å²) in [6.45, 7) is 2.00. The molecule has 2 heterocycles. The van der Waals surface area contributed by atoms with Crippen LogP contribution >= 0.6 is 0 Å². The normalized spacial score (nSPS) is 20.7. The molecule has 6 heteroatoms. The molecule has 0 aromatic carbocycles. The second kappa shape index (κ2) is 5.30. The lowest BCUT2D eigenvalue weighted by Gasteiger charge is -2.35. The Hall–Kier alpha value is -1.69. The number of amides is 1. The summed E-state index contributed by atoms with van der Waals surface area (Å²) in [6.07, 6.45) is 2.15. The minimum atomic E-state index is -0.0946. The number of hydrogen-bond acceptors (Lipinski definition) is 5. The Morgan fingerprint density at radius 2 is 2.28 bits per heavy atom. The summed E-state index contributed by atoms with van der Waals surface area (Å²) in [7, 11) is 3.90. The van der Waals surface area contributed by atoms with Gasteiger partial charge in [0, 0.05) is 19.6 Å². The number of nitrogens with two attached hydrogens (primary N) is 1. The number of anilines is 1. The number of piperidine rings is 1. The lowest BCUT2D eigenvalue weighted by Crippen LogP contribution is -2.47. The maximum absolute atomic E-state index is 12.2. The number of likely N-dealkylation sites (tertiary alicyclic amines) is 1. The van der Waals surface area contributed by atoms with Gasteiger partial charge < -0.3 is 15.5 Å². The summed E-state index contributed by atoms with van der Waals surface area (Å²) in [5.74, 6) is 0.231. The van der Waals surface area contributed by atoms with Gasteiger partial charge in [-0.1, -0.05) is 0 Å². The molecule has 2 N–H and O–H groups in total. The minimum Gasteiger partial charge on any atom is -0.382 e. The Morgan fingerprint density at radius 1 is 1.50 bits per heavy atom. The van der Waals surface area contributed by atoms with Gasteiger partial charge in [0.05, 0.1) is 0 Å². The van der Waals surface area contributed by atoms with Crippen LogP contribution in [0.15, 0.2) is 12.1 Å². The molecule has 98 valence electrons. The first kappa shape index (κ1) is 12.8. The Morgan fingerprint density at radius 3 is 2.89 bits per heavy atom. The maximum atomic E-state index is 12.2. The summed E-state index contributed by atoms with van der Waals surface area (Å²) in [5.41, 5.74) is 5.81. The van der Waals surface area contributed by atoms with Crippen LogP contribution in [0.2, 0.25) is 0 Å². The fourth-order valence-electron chi connectivity index (χ4n) is 2.26. The number of nitrogens with zero attached hydrogens (tertiary/aromatic N) is 4. The third kappa shape index (κ3) is 2.76. The Bertz CT molecular complexity index is 419. The number of nitrogen functional groups attached to an aromatic ring is 1. The third-order valence-corrected chi connectivity index (χ3v) is 3.37. The number of carbonyl (C=O) groups is 1. The monoisotopic (exact) mass is 249 g/mol. The first-order chi connectivity index (χ1) is 8.58. The first-order valence-electron chi connectivity index (χ1n) is 6.13. The number of rotatable bonds is 2. The van der Waals surface area contributed by atoms with E-state index in [1.807, 2.05) is 7.05 Å². The second-order valence-electron chi connectivity index (χ2n) is 4.82. The molecule has 0 saturated carbocycles. The van der Waals surface area contributed by atoms with Crippen molar-refractivity contribution in [3.63, 3.8) is 0 Å². The predicted molar refractivity (Wildman–Crippen MR) is 69.1 cm³/mol. The zero-order valence-electron chi connectivity index (χ0n) is 10.8. The van der Waals surface area contributed by atoms with Crippen molar-refractivity contribution >= 4 is 11.7 Å². The first-order valence-corrected chi connectivity index (χ1v) is 6.13. The van der Waals surface area contributed by atoms with E-state index in [-0.39, 0.29) is 11.9 Å². The molecule has 1 unspecified atom stereocenters. The van der Waals surface area contributed by atoms with Gasteiger partial charge in [-0.2, -0.15) is 0 Å². The standard InChI is InChI=1S/C12H19N5O/c1-16-7-3-4-9(8-16)17(2)12(18)10-5-6-11(13)15-14-10/h5-6,9H,3-4,7-8H2,1-2H3,(H2,13,15). The molecule has 0 spiro atoms. The van der Waals surface area contributed by atoms with Crippen molar-refractivity contribution in [3.8, 4) is 0 Å². The molecule has 2 rings (SSSR count). The highest BCUT2D eigenvalue weighted by Gasteiger charge is 2.25. The average Bonchev–Trinajstić information content (AvgIpc) is 2.38. The minimum absolute atomic E-state index is 0.0946. The maximum Gasteiger partial charge on any atom is 0.274 e. The van der Waals surface area contributed by atoms with Gasteiger partial charge >= 0.3 is 0 Å². The molecule has 1 aromatic heterocycles. The molecule has 18 heavy (non-hydrogen) atoms. The van der Waals surface area contributed by atoms with Crippen LogP contribution in [0.25, 0.3) is 0 Å². The Labute approximate surface area is 107 Å². The highest BCUT2D eigenvalue weighted by molar-refractivity contribution is 5.92. The average molecular weight is 249 g/mol. The lowest BCUT2D eigenvalue weighted by atomic mass is 10.0. The van der Waals surface area contributed by atoms with Crippen LogP contribution in [-0.2, 0) is 0 Å². The molecule has 1 aliphatic rings. The Balaban J connectivity index is 2.06. The van der Waals surface area contributed by atoms with E-state index in [2.05, 4.69) is 22.1 Å². The fourth-order valence-corrected chi connectivity index (χ4v) is 2.26. The quantitative estimate of drug-likeness (QED) is 0.811.